The van der Waals surface area contributed by atoms with E-state index in [-0.39, 0.29) is 18.6 Å². The molecule has 0 spiro atoms. The summed E-state index contributed by atoms with van der Waals surface area (Å²) < 4.78 is 5.33. The second kappa shape index (κ2) is 7.11. The number of amides is 1. The molecule has 3 N–H and O–H groups in total. The zero-order chi connectivity index (χ0) is 13.5. The summed E-state index contributed by atoms with van der Waals surface area (Å²) in [6.07, 6.45) is 2.00. The highest BCUT2D eigenvalue weighted by molar-refractivity contribution is 6.33. The Kier molecular flexibility index (Phi) is 5.78. The van der Waals surface area contributed by atoms with Crippen LogP contribution in [0.3, 0.4) is 0 Å². The second-order valence-electron chi connectivity index (χ2n) is 4.23. The van der Waals surface area contributed by atoms with Crippen LogP contribution in [0.5, 0.6) is 5.75 Å². The van der Waals surface area contributed by atoms with Crippen molar-refractivity contribution in [3.63, 3.8) is 0 Å². The summed E-state index contributed by atoms with van der Waals surface area (Å²) in [5.41, 5.74) is 6.07. The van der Waals surface area contributed by atoms with Gasteiger partial charge in [0, 0.05) is 12.1 Å². The molecule has 5 heteroatoms. The Hall–Kier alpha value is -1.42. The lowest BCUT2D eigenvalue weighted by Crippen LogP contribution is -2.35. The number of nitrogens with two attached hydrogens (primary N) is 1. The maximum Gasteiger partial charge on any atom is 0.258 e. The minimum atomic E-state index is -0.135. The van der Waals surface area contributed by atoms with E-state index >= 15 is 0 Å². The van der Waals surface area contributed by atoms with Gasteiger partial charge in [0.05, 0.1) is 10.7 Å². The molecule has 0 aromatic heterocycles. The van der Waals surface area contributed by atoms with Gasteiger partial charge in [-0.3, -0.25) is 4.79 Å². The Balaban J connectivity index is 2.40. The number of hydrogen-bond acceptors (Lipinski definition) is 3. The molecule has 1 aromatic carbocycles. The number of ether oxygens (including phenoxy) is 1. The minimum absolute atomic E-state index is 0.0195. The van der Waals surface area contributed by atoms with Crippen molar-refractivity contribution in [1.29, 1.82) is 0 Å². The molecule has 0 aliphatic rings. The van der Waals surface area contributed by atoms with Crippen LogP contribution >= 0.6 is 11.6 Å². The van der Waals surface area contributed by atoms with Crippen LogP contribution in [-0.2, 0) is 4.79 Å². The Labute approximate surface area is 112 Å². The van der Waals surface area contributed by atoms with Gasteiger partial charge in [0.1, 0.15) is 5.75 Å². The standard InChI is InChI=1S/C13H19ClN2O2/c1-3-4-9(2)16-13(17)8-18-10-5-6-12(15)11(14)7-10/h5-7,9H,3-4,8,15H2,1-2H3,(H,16,17). The van der Waals surface area contributed by atoms with E-state index in [1.54, 1.807) is 18.2 Å². The van der Waals surface area contributed by atoms with Gasteiger partial charge in [-0.25, -0.2) is 0 Å². The number of carbonyl (C=O) groups is 1. The van der Waals surface area contributed by atoms with E-state index in [1.807, 2.05) is 6.92 Å². The summed E-state index contributed by atoms with van der Waals surface area (Å²) in [6.45, 7) is 4.03. The highest BCUT2D eigenvalue weighted by atomic mass is 35.5. The molecule has 0 fully saturated rings. The molecule has 4 nitrogen and oxygen atoms in total. The second-order valence-corrected chi connectivity index (χ2v) is 4.64. The molecule has 1 atom stereocenters. The number of rotatable bonds is 6. The van der Waals surface area contributed by atoms with Gasteiger partial charge in [-0.2, -0.15) is 0 Å². The molecule has 0 radical (unpaired) electrons. The van der Waals surface area contributed by atoms with Crippen LogP contribution in [0, 0.1) is 0 Å². The van der Waals surface area contributed by atoms with E-state index in [9.17, 15) is 4.79 Å². The number of benzene rings is 1. The molecule has 0 heterocycles. The molecular weight excluding hydrogens is 252 g/mol. The van der Waals surface area contributed by atoms with Crippen LogP contribution in [0.1, 0.15) is 26.7 Å². The van der Waals surface area contributed by atoms with Gasteiger partial charge in [0.15, 0.2) is 6.61 Å². The fourth-order valence-electron chi connectivity index (χ4n) is 1.57. The first-order valence-corrected chi connectivity index (χ1v) is 6.38. The summed E-state index contributed by atoms with van der Waals surface area (Å²) in [7, 11) is 0. The van der Waals surface area contributed by atoms with Gasteiger partial charge in [0.2, 0.25) is 0 Å². The number of halogens is 1. The fraction of sp³-hybridized carbons (Fsp3) is 0.462. The zero-order valence-corrected chi connectivity index (χ0v) is 11.5. The average Bonchev–Trinajstić information content (AvgIpc) is 2.31. The summed E-state index contributed by atoms with van der Waals surface area (Å²) in [5.74, 6) is 0.399. The third-order valence-corrected chi connectivity index (χ3v) is 2.80. The first-order chi connectivity index (χ1) is 8.52. The zero-order valence-electron chi connectivity index (χ0n) is 10.7. The van der Waals surface area contributed by atoms with Crippen LogP contribution in [0.4, 0.5) is 5.69 Å². The van der Waals surface area contributed by atoms with Gasteiger partial charge in [-0.15, -0.1) is 0 Å². The molecule has 0 saturated carbocycles. The van der Waals surface area contributed by atoms with Crippen LogP contribution in [0.25, 0.3) is 0 Å². The topological polar surface area (TPSA) is 64.3 Å². The van der Waals surface area contributed by atoms with Gasteiger partial charge >= 0.3 is 0 Å². The van der Waals surface area contributed by atoms with Crippen molar-refractivity contribution >= 4 is 23.2 Å². The van der Waals surface area contributed by atoms with Crippen LogP contribution < -0.4 is 15.8 Å². The fourth-order valence-corrected chi connectivity index (χ4v) is 1.74. The number of nitrogen functional groups attached to an aromatic ring is 1. The highest BCUT2D eigenvalue weighted by Crippen LogP contribution is 2.23. The number of anilines is 1. The maximum atomic E-state index is 11.6. The van der Waals surface area contributed by atoms with Crippen molar-refractivity contribution in [3.8, 4) is 5.75 Å². The first kappa shape index (κ1) is 14.6. The molecule has 1 rings (SSSR count). The van der Waals surface area contributed by atoms with E-state index in [0.29, 0.717) is 16.5 Å². The Bertz CT molecular complexity index is 410. The molecular formula is C13H19ClN2O2. The highest BCUT2D eigenvalue weighted by Gasteiger charge is 2.07. The van der Waals surface area contributed by atoms with Gasteiger partial charge < -0.3 is 15.8 Å². The number of hydrogen-bond donors (Lipinski definition) is 2. The lowest BCUT2D eigenvalue weighted by atomic mass is 10.2. The summed E-state index contributed by atoms with van der Waals surface area (Å²) in [6, 6.07) is 5.10. The molecule has 0 bridgehead atoms. The van der Waals surface area contributed by atoms with E-state index in [0.717, 1.165) is 12.8 Å². The molecule has 1 aromatic rings. The van der Waals surface area contributed by atoms with Crippen molar-refractivity contribution in [2.24, 2.45) is 0 Å². The van der Waals surface area contributed by atoms with Crippen LogP contribution in [0.2, 0.25) is 5.02 Å². The predicted octanol–water partition coefficient (Wildman–Crippen LogP) is 2.61. The quantitative estimate of drug-likeness (QED) is 0.781. The molecule has 0 aliphatic carbocycles. The third-order valence-electron chi connectivity index (χ3n) is 2.47. The molecule has 18 heavy (non-hydrogen) atoms. The summed E-state index contributed by atoms with van der Waals surface area (Å²) in [5, 5.41) is 3.28. The molecule has 100 valence electrons. The van der Waals surface area contributed by atoms with E-state index in [1.165, 1.54) is 0 Å². The normalized spacial score (nSPS) is 11.9. The predicted molar refractivity (Wildman–Crippen MR) is 73.9 cm³/mol. The number of carbonyl (C=O) groups excluding carboxylic acids is 1. The minimum Gasteiger partial charge on any atom is -0.484 e. The Morgan fingerprint density at radius 1 is 1.56 bits per heavy atom. The van der Waals surface area contributed by atoms with Crippen molar-refractivity contribution in [3.05, 3.63) is 23.2 Å². The van der Waals surface area contributed by atoms with Crippen LogP contribution in [0.15, 0.2) is 18.2 Å². The van der Waals surface area contributed by atoms with Crippen molar-refractivity contribution in [2.45, 2.75) is 32.7 Å². The van der Waals surface area contributed by atoms with E-state index in [4.69, 9.17) is 22.1 Å². The summed E-state index contributed by atoms with van der Waals surface area (Å²) in [4.78, 5) is 11.6. The SMILES string of the molecule is CCCC(C)NC(=O)COc1ccc(N)c(Cl)c1. The van der Waals surface area contributed by atoms with Gasteiger partial charge in [-0.05, 0) is 25.5 Å². The van der Waals surface area contributed by atoms with E-state index in [2.05, 4.69) is 12.2 Å². The monoisotopic (exact) mass is 270 g/mol. The smallest absolute Gasteiger partial charge is 0.258 e. The third kappa shape index (κ3) is 4.84. The lowest BCUT2D eigenvalue weighted by molar-refractivity contribution is -0.123. The molecule has 0 saturated heterocycles. The Morgan fingerprint density at radius 3 is 2.89 bits per heavy atom. The van der Waals surface area contributed by atoms with Crippen LogP contribution in [-0.4, -0.2) is 18.6 Å². The number of nitrogens with one attached hydrogen (secondary N) is 1. The van der Waals surface area contributed by atoms with Crippen molar-refractivity contribution in [1.82, 2.24) is 5.32 Å². The maximum absolute atomic E-state index is 11.6. The van der Waals surface area contributed by atoms with Gasteiger partial charge in [0.25, 0.3) is 5.91 Å². The summed E-state index contributed by atoms with van der Waals surface area (Å²) >= 11 is 5.85. The largest absolute Gasteiger partial charge is 0.484 e. The van der Waals surface area contributed by atoms with E-state index < -0.39 is 0 Å². The average molecular weight is 271 g/mol. The van der Waals surface area contributed by atoms with Crippen molar-refractivity contribution in [2.75, 3.05) is 12.3 Å². The Morgan fingerprint density at radius 2 is 2.28 bits per heavy atom. The van der Waals surface area contributed by atoms with Crippen molar-refractivity contribution < 1.29 is 9.53 Å². The molecule has 0 aliphatic heterocycles. The van der Waals surface area contributed by atoms with Gasteiger partial charge in [-0.1, -0.05) is 24.9 Å². The first-order valence-electron chi connectivity index (χ1n) is 6.00. The molecule has 1 amide bonds. The molecule has 1 unspecified atom stereocenters. The lowest BCUT2D eigenvalue weighted by Gasteiger charge is -2.13.